The van der Waals surface area contributed by atoms with Crippen LogP contribution >= 0.6 is 0 Å². The van der Waals surface area contributed by atoms with Crippen LogP contribution in [0.1, 0.15) is 146 Å². The lowest BCUT2D eigenvalue weighted by molar-refractivity contribution is 0.0498. The molecule has 0 bridgehead atoms. The Balaban J connectivity index is 1.28. The van der Waals surface area contributed by atoms with Crippen molar-refractivity contribution in [2.24, 2.45) is 23.7 Å². The number of hydrogen-bond donors (Lipinski definition) is 2. The van der Waals surface area contributed by atoms with Gasteiger partial charge in [-0.15, -0.1) is 0 Å². The minimum atomic E-state index is -0.338. The molecule has 0 fully saturated rings. The number of fused-ring (bicyclic) bond motifs is 2. The van der Waals surface area contributed by atoms with Gasteiger partial charge in [-0.3, -0.25) is 29.0 Å². The van der Waals surface area contributed by atoms with E-state index in [0.717, 1.165) is 109 Å². The molecule has 2 heterocycles. The topological polar surface area (TPSA) is 115 Å². The normalized spacial score (nSPS) is 15.6. The second kappa shape index (κ2) is 17.0. The van der Waals surface area contributed by atoms with E-state index in [9.17, 15) is 29.4 Å². The molecule has 8 heteroatoms. The van der Waals surface area contributed by atoms with Crippen LogP contribution in [-0.4, -0.2) is 69.9 Å². The number of unbranched alkanes of at least 4 members (excludes halogenated alkanes) is 4. The molecule has 0 radical (unpaired) electrons. The third-order valence-corrected chi connectivity index (χ3v) is 13.2. The maximum Gasteiger partial charge on any atom is 0.261 e. The van der Waals surface area contributed by atoms with Crippen LogP contribution in [0.4, 0.5) is 0 Å². The lowest BCUT2D eigenvalue weighted by Gasteiger charge is -2.34. The first-order valence-corrected chi connectivity index (χ1v) is 21.4. The van der Waals surface area contributed by atoms with Crippen LogP contribution in [0, 0.1) is 23.7 Å². The van der Waals surface area contributed by atoms with Gasteiger partial charge in [0.25, 0.3) is 23.6 Å². The van der Waals surface area contributed by atoms with Gasteiger partial charge in [0.05, 0.1) is 0 Å². The molecule has 5 aromatic carbocycles. The number of nitrogens with zero attached hydrogens (tertiary/aromatic N) is 2. The van der Waals surface area contributed by atoms with Crippen molar-refractivity contribution in [3.8, 4) is 0 Å². The number of imide groups is 2. The van der Waals surface area contributed by atoms with E-state index >= 15 is 0 Å². The molecule has 0 saturated heterocycles. The highest BCUT2D eigenvalue weighted by molar-refractivity contribution is 6.41. The first-order chi connectivity index (χ1) is 27.2. The summed E-state index contributed by atoms with van der Waals surface area (Å²) in [6.07, 6.45) is 12.2. The van der Waals surface area contributed by atoms with Gasteiger partial charge in [-0.2, -0.15) is 0 Å². The fourth-order valence-corrected chi connectivity index (χ4v) is 9.98. The smallest absolute Gasteiger partial charge is 0.261 e. The van der Waals surface area contributed by atoms with Gasteiger partial charge < -0.3 is 10.2 Å². The van der Waals surface area contributed by atoms with Crippen molar-refractivity contribution in [3.63, 3.8) is 0 Å². The predicted octanol–water partition coefficient (Wildman–Crippen LogP) is 10.1. The van der Waals surface area contributed by atoms with Gasteiger partial charge >= 0.3 is 0 Å². The standard InChI is InChI=1S/C48H58N2O6/c1-5-9-13-29(14-10-6-2)31(27-51)25-49-45(53)37-21-17-33-35-19-23-39-44-40(24-20-36(42(35)44)34-18-22-38(46(49)54)43(37)41(33)34)48(56)50(47(39)55)26-32(28-52)30(15-11-7-3)16-12-8-4/h17-24,29-32,51-52H,5-16,25-28H2,1-4H3. The number of benzene rings is 5. The lowest BCUT2D eigenvalue weighted by Crippen LogP contribution is -2.45. The minimum absolute atomic E-state index is 0.0801. The maximum absolute atomic E-state index is 14.3. The lowest BCUT2D eigenvalue weighted by atomic mass is 9.81. The van der Waals surface area contributed by atoms with Crippen LogP contribution in [0.5, 0.6) is 0 Å². The van der Waals surface area contributed by atoms with E-state index in [2.05, 4.69) is 27.7 Å². The van der Waals surface area contributed by atoms with Gasteiger partial charge in [-0.05, 0) is 68.4 Å². The summed E-state index contributed by atoms with van der Waals surface area (Å²) in [5.74, 6) is -1.28. The van der Waals surface area contributed by atoms with Crippen LogP contribution < -0.4 is 0 Å². The van der Waals surface area contributed by atoms with Crippen molar-refractivity contribution in [3.05, 3.63) is 70.8 Å². The Labute approximate surface area is 330 Å². The molecule has 0 aromatic heterocycles. The van der Waals surface area contributed by atoms with E-state index in [1.54, 1.807) is 0 Å². The van der Waals surface area contributed by atoms with Crippen molar-refractivity contribution >= 4 is 66.7 Å². The second-order valence-electron chi connectivity index (χ2n) is 16.6. The monoisotopic (exact) mass is 758 g/mol. The van der Waals surface area contributed by atoms with Crippen molar-refractivity contribution in [2.45, 2.75) is 105 Å². The first-order valence-electron chi connectivity index (χ1n) is 21.4. The van der Waals surface area contributed by atoms with Crippen LogP contribution in [0.15, 0.2) is 48.5 Å². The van der Waals surface area contributed by atoms with Crippen molar-refractivity contribution in [1.82, 2.24) is 9.80 Å². The van der Waals surface area contributed by atoms with Gasteiger partial charge in [0.2, 0.25) is 0 Å². The summed E-state index contributed by atoms with van der Waals surface area (Å²) in [4.78, 5) is 59.9. The number of carbonyl (C=O) groups is 4. The average molecular weight is 759 g/mol. The Morgan fingerprint density at radius 1 is 0.411 bits per heavy atom. The second-order valence-corrected chi connectivity index (χ2v) is 16.6. The number of aliphatic hydroxyl groups excluding tert-OH is 2. The summed E-state index contributed by atoms with van der Waals surface area (Å²) in [6.45, 7) is 8.83. The molecule has 2 aliphatic rings. The SMILES string of the molecule is CCCCC(CCCC)C(CO)CN1C(=O)c2ccc3c4ccc5c6c(ccc(c7ccc(c2c37)C1=O)c64)C(=O)N(CC(CO)C(CCCC)CCCC)C5=O. The molecule has 296 valence electrons. The predicted molar refractivity (Wildman–Crippen MR) is 225 cm³/mol. The van der Waals surface area contributed by atoms with E-state index < -0.39 is 0 Å². The Morgan fingerprint density at radius 2 is 0.679 bits per heavy atom. The zero-order valence-electron chi connectivity index (χ0n) is 33.7. The van der Waals surface area contributed by atoms with Crippen LogP contribution in [-0.2, 0) is 0 Å². The molecular weight excluding hydrogens is 701 g/mol. The van der Waals surface area contributed by atoms with Crippen molar-refractivity contribution in [2.75, 3.05) is 26.3 Å². The van der Waals surface area contributed by atoms with Crippen molar-refractivity contribution in [1.29, 1.82) is 0 Å². The Kier molecular flexibility index (Phi) is 12.1. The molecule has 0 aliphatic carbocycles. The molecule has 2 unspecified atom stereocenters. The molecule has 7 rings (SSSR count). The molecule has 2 atom stereocenters. The molecular formula is C48H58N2O6. The zero-order valence-corrected chi connectivity index (χ0v) is 33.7. The van der Waals surface area contributed by atoms with Gasteiger partial charge in [-0.25, -0.2) is 0 Å². The molecule has 5 aromatic rings. The van der Waals surface area contributed by atoms with Gasteiger partial charge in [0, 0.05) is 71.2 Å². The Morgan fingerprint density at radius 3 is 0.911 bits per heavy atom. The van der Waals surface area contributed by atoms with Gasteiger partial charge in [-0.1, -0.05) is 129 Å². The summed E-state index contributed by atoms with van der Waals surface area (Å²) in [5, 5.41) is 27.5. The van der Waals surface area contributed by atoms with Crippen LogP contribution in [0.2, 0.25) is 0 Å². The summed E-state index contributed by atoms with van der Waals surface area (Å²) >= 11 is 0. The molecule has 0 spiro atoms. The third kappa shape index (κ3) is 6.76. The highest BCUT2D eigenvalue weighted by Gasteiger charge is 2.39. The van der Waals surface area contributed by atoms with Crippen LogP contribution in [0.25, 0.3) is 43.1 Å². The maximum atomic E-state index is 14.3. The zero-order chi connectivity index (χ0) is 39.7. The quantitative estimate of drug-likeness (QED) is 0.0464. The van der Waals surface area contributed by atoms with Gasteiger partial charge in [0.15, 0.2) is 0 Å². The highest BCUT2D eigenvalue weighted by atomic mass is 16.3. The number of aliphatic hydroxyl groups is 2. The molecule has 8 nitrogen and oxygen atoms in total. The summed E-state index contributed by atoms with van der Waals surface area (Å²) in [6, 6.07) is 15.0. The number of hydrogen-bond acceptors (Lipinski definition) is 6. The average Bonchev–Trinajstić information content (AvgIpc) is 3.22. The van der Waals surface area contributed by atoms with E-state index in [0.29, 0.717) is 33.0 Å². The third-order valence-electron chi connectivity index (χ3n) is 13.2. The molecule has 2 aliphatic heterocycles. The fraction of sp³-hybridized carbons (Fsp3) is 0.500. The van der Waals surface area contributed by atoms with Gasteiger partial charge in [0.1, 0.15) is 0 Å². The van der Waals surface area contributed by atoms with E-state index in [-0.39, 0.29) is 73.6 Å². The highest BCUT2D eigenvalue weighted by Crippen LogP contribution is 2.46. The number of carbonyl (C=O) groups excluding carboxylic acids is 4. The fourth-order valence-electron chi connectivity index (χ4n) is 9.98. The minimum Gasteiger partial charge on any atom is -0.396 e. The Hall–Kier alpha value is -4.40. The first kappa shape index (κ1) is 39.8. The summed E-state index contributed by atoms with van der Waals surface area (Å²) in [7, 11) is 0. The summed E-state index contributed by atoms with van der Waals surface area (Å²) < 4.78 is 0. The molecule has 56 heavy (non-hydrogen) atoms. The van der Waals surface area contributed by atoms with Crippen molar-refractivity contribution < 1.29 is 29.4 Å². The van der Waals surface area contributed by atoms with E-state index in [1.165, 1.54) is 9.80 Å². The summed E-state index contributed by atoms with van der Waals surface area (Å²) in [5.41, 5.74) is 1.89. The van der Waals surface area contributed by atoms with E-state index in [1.807, 2.05) is 48.5 Å². The molecule has 4 amide bonds. The largest absolute Gasteiger partial charge is 0.396 e. The van der Waals surface area contributed by atoms with E-state index in [4.69, 9.17) is 0 Å². The molecule has 2 N–H and O–H groups in total. The number of amides is 4. The Bertz CT molecular complexity index is 1980. The van der Waals surface area contributed by atoms with Crippen LogP contribution in [0.3, 0.4) is 0 Å². The number of rotatable bonds is 20. The molecule has 0 saturated carbocycles.